The van der Waals surface area contributed by atoms with E-state index in [1.807, 2.05) is 0 Å². The van der Waals surface area contributed by atoms with Crippen LogP contribution < -0.4 is 5.73 Å². The van der Waals surface area contributed by atoms with Crippen molar-refractivity contribution in [3.05, 3.63) is 30.1 Å². The Morgan fingerprint density at radius 3 is 2.53 bits per heavy atom. The molecule has 0 atom stereocenters. The number of hydrogen-bond donors (Lipinski definition) is 1. The molecule has 0 spiro atoms. The largest absolute Gasteiger partial charge is 0.406 e. The Labute approximate surface area is 108 Å². The van der Waals surface area contributed by atoms with Gasteiger partial charge in [-0.2, -0.15) is 13.2 Å². The van der Waals surface area contributed by atoms with Crippen molar-refractivity contribution in [2.24, 2.45) is 5.73 Å². The molecule has 1 saturated carbocycles. The molecule has 3 rings (SSSR count). The maximum absolute atomic E-state index is 12.8. The van der Waals surface area contributed by atoms with Gasteiger partial charge in [-0.3, -0.25) is 0 Å². The monoisotopic (exact) mass is 269 g/mol. The Morgan fingerprint density at radius 1 is 1.26 bits per heavy atom. The van der Waals surface area contributed by atoms with Crippen LogP contribution in [0.4, 0.5) is 13.2 Å². The third-order valence-electron chi connectivity index (χ3n) is 3.71. The van der Waals surface area contributed by atoms with Crippen LogP contribution in [0, 0.1) is 0 Å². The minimum Gasteiger partial charge on any atom is -0.329 e. The van der Waals surface area contributed by atoms with Crippen molar-refractivity contribution in [2.75, 3.05) is 6.54 Å². The van der Waals surface area contributed by atoms with E-state index in [9.17, 15) is 13.2 Å². The fourth-order valence-corrected chi connectivity index (χ4v) is 2.49. The quantitative estimate of drug-likeness (QED) is 0.930. The molecule has 6 heteroatoms. The molecular formula is C13H14F3N3. The number of halogens is 3. The minimum atomic E-state index is -4.26. The van der Waals surface area contributed by atoms with Gasteiger partial charge in [0.05, 0.1) is 11.0 Å². The number of fused-ring (bicyclic) bond motifs is 1. The molecule has 19 heavy (non-hydrogen) atoms. The SMILES string of the molecule is NCC1(c2nc3ccccc3n2CC(F)(F)F)CC1. The van der Waals surface area contributed by atoms with Gasteiger partial charge in [0.25, 0.3) is 0 Å². The Morgan fingerprint density at radius 2 is 1.95 bits per heavy atom. The predicted octanol–water partition coefficient (Wildman–Crippen LogP) is 2.59. The molecule has 1 heterocycles. The van der Waals surface area contributed by atoms with Gasteiger partial charge in [-0.15, -0.1) is 0 Å². The number of imidazole rings is 1. The number of benzene rings is 1. The third kappa shape index (κ3) is 2.10. The van der Waals surface area contributed by atoms with Crippen LogP contribution in [0.1, 0.15) is 18.7 Å². The van der Waals surface area contributed by atoms with E-state index in [1.54, 1.807) is 24.3 Å². The van der Waals surface area contributed by atoms with Gasteiger partial charge < -0.3 is 10.3 Å². The fourth-order valence-electron chi connectivity index (χ4n) is 2.49. The molecule has 1 fully saturated rings. The van der Waals surface area contributed by atoms with Crippen LogP contribution >= 0.6 is 0 Å². The summed E-state index contributed by atoms with van der Waals surface area (Å²) in [7, 11) is 0. The van der Waals surface area contributed by atoms with Crippen molar-refractivity contribution in [3.8, 4) is 0 Å². The van der Waals surface area contributed by atoms with Crippen molar-refractivity contribution >= 4 is 11.0 Å². The Hall–Kier alpha value is -1.56. The summed E-state index contributed by atoms with van der Waals surface area (Å²) in [5, 5.41) is 0. The van der Waals surface area contributed by atoms with E-state index >= 15 is 0 Å². The fraction of sp³-hybridized carbons (Fsp3) is 0.462. The summed E-state index contributed by atoms with van der Waals surface area (Å²) in [5.41, 5.74) is 6.49. The molecule has 1 aromatic heterocycles. The zero-order chi connectivity index (χ0) is 13.7. The van der Waals surface area contributed by atoms with Gasteiger partial charge in [0.2, 0.25) is 0 Å². The standard InChI is InChI=1S/C13H14F3N3/c14-13(15,16)8-19-10-4-2-1-3-9(10)18-11(19)12(7-17)5-6-12/h1-4H,5-8,17H2. The number of para-hydroxylation sites is 2. The Bertz CT molecular complexity index is 611. The lowest BCUT2D eigenvalue weighted by molar-refractivity contribution is -0.140. The summed E-state index contributed by atoms with van der Waals surface area (Å²) in [4.78, 5) is 4.38. The normalized spacial score (nSPS) is 17.9. The van der Waals surface area contributed by atoms with Crippen molar-refractivity contribution in [1.82, 2.24) is 9.55 Å². The lowest BCUT2D eigenvalue weighted by Crippen LogP contribution is -2.27. The van der Waals surface area contributed by atoms with Gasteiger partial charge >= 0.3 is 6.18 Å². The second-order valence-electron chi connectivity index (χ2n) is 5.11. The number of aromatic nitrogens is 2. The molecule has 0 unspecified atom stereocenters. The Kier molecular flexibility index (Phi) is 2.60. The van der Waals surface area contributed by atoms with E-state index in [0.29, 0.717) is 23.4 Å². The van der Waals surface area contributed by atoms with Crippen molar-refractivity contribution < 1.29 is 13.2 Å². The van der Waals surface area contributed by atoms with Crippen LogP contribution in [0.15, 0.2) is 24.3 Å². The third-order valence-corrected chi connectivity index (χ3v) is 3.71. The molecule has 1 aliphatic carbocycles. The van der Waals surface area contributed by atoms with Crippen LogP contribution in [0.3, 0.4) is 0 Å². The molecule has 3 nitrogen and oxygen atoms in total. The first-order valence-corrected chi connectivity index (χ1v) is 6.18. The Balaban J connectivity index is 2.17. The smallest absolute Gasteiger partial charge is 0.329 e. The first-order valence-electron chi connectivity index (χ1n) is 6.18. The molecule has 102 valence electrons. The summed E-state index contributed by atoms with van der Waals surface area (Å²) >= 11 is 0. The van der Waals surface area contributed by atoms with Gasteiger partial charge in [0.1, 0.15) is 12.4 Å². The highest BCUT2D eigenvalue weighted by atomic mass is 19.4. The van der Waals surface area contributed by atoms with E-state index in [2.05, 4.69) is 4.98 Å². The van der Waals surface area contributed by atoms with Crippen molar-refractivity contribution in [2.45, 2.75) is 31.0 Å². The minimum absolute atomic E-state index is 0.341. The number of rotatable bonds is 3. The van der Waals surface area contributed by atoms with E-state index in [4.69, 9.17) is 5.73 Å². The van der Waals surface area contributed by atoms with E-state index in [1.165, 1.54) is 4.57 Å². The number of nitrogens with two attached hydrogens (primary N) is 1. The highest BCUT2D eigenvalue weighted by molar-refractivity contribution is 5.76. The van der Waals surface area contributed by atoms with Gasteiger partial charge in [0, 0.05) is 12.0 Å². The highest BCUT2D eigenvalue weighted by Crippen LogP contribution is 2.47. The van der Waals surface area contributed by atoms with Gasteiger partial charge in [0.15, 0.2) is 0 Å². The molecule has 0 bridgehead atoms. The first kappa shape index (κ1) is 12.5. The summed E-state index contributed by atoms with van der Waals surface area (Å²) in [5.74, 6) is 0.480. The molecule has 0 radical (unpaired) electrons. The van der Waals surface area contributed by atoms with Gasteiger partial charge in [-0.25, -0.2) is 4.98 Å². The first-order chi connectivity index (χ1) is 8.95. The molecule has 2 N–H and O–H groups in total. The van der Waals surface area contributed by atoms with Crippen LogP contribution in [0.25, 0.3) is 11.0 Å². The van der Waals surface area contributed by atoms with Crippen molar-refractivity contribution in [1.29, 1.82) is 0 Å². The van der Waals surface area contributed by atoms with E-state index in [-0.39, 0.29) is 5.41 Å². The predicted molar refractivity (Wildman–Crippen MR) is 65.8 cm³/mol. The molecule has 1 aromatic carbocycles. The van der Waals surface area contributed by atoms with Crippen LogP contribution in [0.2, 0.25) is 0 Å². The van der Waals surface area contributed by atoms with Gasteiger partial charge in [-0.05, 0) is 25.0 Å². The number of hydrogen-bond acceptors (Lipinski definition) is 2. The molecule has 1 aliphatic rings. The van der Waals surface area contributed by atoms with Crippen molar-refractivity contribution in [3.63, 3.8) is 0 Å². The summed E-state index contributed by atoms with van der Waals surface area (Å²) in [6.07, 6.45) is -2.64. The summed E-state index contributed by atoms with van der Waals surface area (Å²) in [6.45, 7) is -0.668. The lowest BCUT2D eigenvalue weighted by atomic mass is 10.1. The highest BCUT2D eigenvalue weighted by Gasteiger charge is 2.48. The number of nitrogens with zero attached hydrogens (tertiary/aromatic N) is 2. The van der Waals surface area contributed by atoms with E-state index in [0.717, 1.165) is 12.8 Å². The molecular weight excluding hydrogens is 255 g/mol. The van der Waals surface area contributed by atoms with Crippen LogP contribution in [0.5, 0.6) is 0 Å². The second kappa shape index (κ2) is 3.96. The average molecular weight is 269 g/mol. The zero-order valence-corrected chi connectivity index (χ0v) is 10.2. The summed E-state index contributed by atoms with van der Waals surface area (Å²) in [6, 6.07) is 6.91. The zero-order valence-electron chi connectivity index (χ0n) is 10.2. The molecule has 0 aliphatic heterocycles. The van der Waals surface area contributed by atoms with E-state index < -0.39 is 12.7 Å². The molecule has 0 amide bonds. The molecule has 2 aromatic rings. The number of alkyl halides is 3. The molecule has 0 saturated heterocycles. The maximum atomic E-state index is 12.8. The second-order valence-corrected chi connectivity index (χ2v) is 5.11. The average Bonchev–Trinajstić information content (AvgIpc) is 3.07. The summed E-state index contributed by atoms with van der Waals surface area (Å²) < 4.78 is 39.6. The van der Waals surface area contributed by atoms with Crippen LogP contribution in [-0.4, -0.2) is 22.3 Å². The van der Waals surface area contributed by atoms with Gasteiger partial charge in [-0.1, -0.05) is 12.1 Å². The topological polar surface area (TPSA) is 43.8 Å². The van der Waals surface area contributed by atoms with Crippen LogP contribution in [-0.2, 0) is 12.0 Å². The maximum Gasteiger partial charge on any atom is 0.406 e. The lowest BCUT2D eigenvalue weighted by Gasteiger charge is -2.17.